The molecule has 0 amide bonds. The van der Waals surface area contributed by atoms with Crippen molar-refractivity contribution in [3.05, 3.63) is 23.8 Å². The van der Waals surface area contributed by atoms with Gasteiger partial charge in [-0.15, -0.1) is 0 Å². The fourth-order valence-corrected chi connectivity index (χ4v) is 2.65. The molecular formula is C17H27NO3. The standard InChI is InChI=1S/C17H27NO3/c1-13(2)18-11-14-6-7-15(16(10-14)20-3)21-12-17(19)8-4-5-9-17/h6-7,10,13,18-19H,4-5,8-9,11-12H2,1-3H3. The summed E-state index contributed by atoms with van der Waals surface area (Å²) in [4.78, 5) is 0. The summed E-state index contributed by atoms with van der Waals surface area (Å²) < 4.78 is 11.2. The number of ether oxygens (including phenoxy) is 2. The highest BCUT2D eigenvalue weighted by Gasteiger charge is 2.32. The highest BCUT2D eigenvalue weighted by atomic mass is 16.5. The third kappa shape index (κ3) is 4.61. The quantitative estimate of drug-likeness (QED) is 0.811. The van der Waals surface area contributed by atoms with Gasteiger partial charge in [0.1, 0.15) is 6.61 Å². The molecule has 4 heteroatoms. The molecule has 0 radical (unpaired) electrons. The number of benzene rings is 1. The molecule has 118 valence electrons. The zero-order valence-electron chi connectivity index (χ0n) is 13.3. The van der Waals surface area contributed by atoms with Crippen molar-refractivity contribution < 1.29 is 14.6 Å². The molecular weight excluding hydrogens is 266 g/mol. The minimum Gasteiger partial charge on any atom is -0.493 e. The Labute approximate surface area is 127 Å². The lowest BCUT2D eigenvalue weighted by Gasteiger charge is -2.23. The molecule has 0 saturated heterocycles. The average Bonchev–Trinajstić information content (AvgIpc) is 2.90. The summed E-state index contributed by atoms with van der Waals surface area (Å²) in [7, 11) is 1.64. The van der Waals surface area contributed by atoms with Crippen LogP contribution in [-0.2, 0) is 6.54 Å². The van der Waals surface area contributed by atoms with Crippen LogP contribution >= 0.6 is 0 Å². The Morgan fingerprint density at radius 3 is 2.57 bits per heavy atom. The lowest BCUT2D eigenvalue weighted by Crippen LogP contribution is -2.32. The Bertz CT molecular complexity index is 453. The average molecular weight is 293 g/mol. The van der Waals surface area contributed by atoms with Crippen molar-refractivity contribution in [2.24, 2.45) is 0 Å². The molecule has 0 heterocycles. The number of hydrogen-bond donors (Lipinski definition) is 2. The Balaban J connectivity index is 1.98. The molecule has 0 aromatic heterocycles. The molecule has 0 atom stereocenters. The number of methoxy groups -OCH3 is 1. The van der Waals surface area contributed by atoms with Crippen LogP contribution < -0.4 is 14.8 Å². The zero-order valence-corrected chi connectivity index (χ0v) is 13.3. The molecule has 0 aliphatic heterocycles. The van der Waals surface area contributed by atoms with Crippen molar-refractivity contribution in [3.63, 3.8) is 0 Å². The number of rotatable bonds is 7. The number of hydrogen-bond acceptors (Lipinski definition) is 4. The Kier molecular flexibility index (Phi) is 5.48. The van der Waals surface area contributed by atoms with E-state index < -0.39 is 5.60 Å². The van der Waals surface area contributed by atoms with Gasteiger partial charge in [-0.05, 0) is 30.5 Å². The monoisotopic (exact) mass is 293 g/mol. The van der Waals surface area contributed by atoms with Crippen LogP contribution in [0.5, 0.6) is 11.5 Å². The fourth-order valence-electron chi connectivity index (χ4n) is 2.65. The maximum Gasteiger partial charge on any atom is 0.161 e. The van der Waals surface area contributed by atoms with Crippen LogP contribution in [-0.4, -0.2) is 30.5 Å². The first-order chi connectivity index (χ1) is 10.0. The van der Waals surface area contributed by atoms with Gasteiger partial charge in [-0.1, -0.05) is 32.8 Å². The normalized spacial score (nSPS) is 17.2. The van der Waals surface area contributed by atoms with Gasteiger partial charge in [0.05, 0.1) is 12.7 Å². The highest BCUT2D eigenvalue weighted by Crippen LogP contribution is 2.33. The first-order valence-electron chi connectivity index (χ1n) is 7.78. The number of aliphatic hydroxyl groups is 1. The minimum atomic E-state index is -0.664. The number of nitrogens with one attached hydrogen (secondary N) is 1. The smallest absolute Gasteiger partial charge is 0.161 e. The van der Waals surface area contributed by atoms with Crippen LogP contribution in [0.25, 0.3) is 0 Å². The van der Waals surface area contributed by atoms with E-state index in [4.69, 9.17) is 9.47 Å². The van der Waals surface area contributed by atoms with E-state index >= 15 is 0 Å². The molecule has 1 saturated carbocycles. The van der Waals surface area contributed by atoms with Crippen molar-refractivity contribution in [2.75, 3.05) is 13.7 Å². The second-order valence-electron chi connectivity index (χ2n) is 6.24. The summed E-state index contributed by atoms with van der Waals surface area (Å²) in [6, 6.07) is 6.40. The van der Waals surface area contributed by atoms with Gasteiger partial charge in [0.2, 0.25) is 0 Å². The van der Waals surface area contributed by atoms with Gasteiger partial charge in [-0.3, -0.25) is 0 Å². The maximum absolute atomic E-state index is 10.3. The molecule has 2 rings (SSSR count). The van der Waals surface area contributed by atoms with E-state index in [-0.39, 0.29) is 0 Å². The molecule has 0 unspecified atom stereocenters. The molecule has 0 bridgehead atoms. The lowest BCUT2D eigenvalue weighted by atomic mass is 10.0. The van der Waals surface area contributed by atoms with Crippen LogP contribution in [0, 0.1) is 0 Å². The summed E-state index contributed by atoms with van der Waals surface area (Å²) in [5.41, 5.74) is 0.496. The Morgan fingerprint density at radius 2 is 1.95 bits per heavy atom. The van der Waals surface area contributed by atoms with E-state index in [9.17, 15) is 5.11 Å². The van der Waals surface area contributed by atoms with Crippen LogP contribution in [0.3, 0.4) is 0 Å². The molecule has 2 N–H and O–H groups in total. The molecule has 4 nitrogen and oxygen atoms in total. The van der Waals surface area contributed by atoms with Crippen molar-refractivity contribution in [1.29, 1.82) is 0 Å². The van der Waals surface area contributed by atoms with E-state index in [1.807, 2.05) is 18.2 Å². The summed E-state index contributed by atoms with van der Waals surface area (Å²) in [6.45, 7) is 5.39. The summed E-state index contributed by atoms with van der Waals surface area (Å²) in [5.74, 6) is 1.42. The van der Waals surface area contributed by atoms with Gasteiger partial charge in [0, 0.05) is 12.6 Å². The van der Waals surface area contributed by atoms with E-state index in [2.05, 4.69) is 19.2 Å². The second kappa shape index (κ2) is 7.14. The molecule has 1 aromatic carbocycles. The summed E-state index contributed by atoms with van der Waals surface area (Å²) >= 11 is 0. The van der Waals surface area contributed by atoms with Crippen molar-refractivity contribution >= 4 is 0 Å². The van der Waals surface area contributed by atoms with Crippen LogP contribution in [0.4, 0.5) is 0 Å². The summed E-state index contributed by atoms with van der Waals surface area (Å²) in [5, 5.41) is 13.7. The van der Waals surface area contributed by atoms with Gasteiger partial charge < -0.3 is 19.9 Å². The van der Waals surface area contributed by atoms with Crippen LogP contribution in [0.2, 0.25) is 0 Å². The van der Waals surface area contributed by atoms with Crippen molar-refractivity contribution in [2.45, 2.75) is 57.7 Å². The van der Waals surface area contributed by atoms with Gasteiger partial charge in [-0.25, -0.2) is 0 Å². The SMILES string of the molecule is COc1cc(CNC(C)C)ccc1OCC1(O)CCCC1. The van der Waals surface area contributed by atoms with E-state index in [0.29, 0.717) is 18.4 Å². The van der Waals surface area contributed by atoms with Crippen LogP contribution in [0.15, 0.2) is 18.2 Å². The summed E-state index contributed by atoms with van der Waals surface area (Å²) in [6.07, 6.45) is 3.81. The third-order valence-corrected chi connectivity index (χ3v) is 3.97. The zero-order chi connectivity index (χ0) is 15.3. The molecule has 1 fully saturated rings. The van der Waals surface area contributed by atoms with E-state index in [1.165, 1.54) is 0 Å². The van der Waals surface area contributed by atoms with Crippen molar-refractivity contribution in [3.8, 4) is 11.5 Å². The molecule has 0 spiro atoms. The second-order valence-corrected chi connectivity index (χ2v) is 6.24. The van der Waals surface area contributed by atoms with E-state index in [1.54, 1.807) is 7.11 Å². The van der Waals surface area contributed by atoms with Gasteiger partial charge in [-0.2, -0.15) is 0 Å². The third-order valence-electron chi connectivity index (χ3n) is 3.97. The first kappa shape index (κ1) is 16.1. The van der Waals surface area contributed by atoms with Crippen molar-refractivity contribution in [1.82, 2.24) is 5.32 Å². The Morgan fingerprint density at radius 1 is 1.24 bits per heavy atom. The molecule has 1 aliphatic rings. The Hall–Kier alpha value is -1.26. The molecule has 21 heavy (non-hydrogen) atoms. The largest absolute Gasteiger partial charge is 0.493 e. The predicted molar refractivity (Wildman–Crippen MR) is 83.9 cm³/mol. The lowest BCUT2D eigenvalue weighted by molar-refractivity contribution is 0.000729. The van der Waals surface area contributed by atoms with Gasteiger partial charge >= 0.3 is 0 Å². The van der Waals surface area contributed by atoms with Crippen LogP contribution in [0.1, 0.15) is 45.1 Å². The first-order valence-corrected chi connectivity index (χ1v) is 7.78. The van der Waals surface area contributed by atoms with E-state index in [0.717, 1.165) is 43.5 Å². The minimum absolute atomic E-state index is 0.340. The fraction of sp³-hybridized carbons (Fsp3) is 0.647. The molecule has 1 aliphatic carbocycles. The predicted octanol–water partition coefficient (Wildman–Crippen LogP) is 2.88. The topological polar surface area (TPSA) is 50.7 Å². The highest BCUT2D eigenvalue weighted by molar-refractivity contribution is 5.43. The van der Waals surface area contributed by atoms with Gasteiger partial charge in [0.15, 0.2) is 11.5 Å². The van der Waals surface area contributed by atoms with Gasteiger partial charge in [0.25, 0.3) is 0 Å². The maximum atomic E-state index is 10.3. The molecule has 1 aromatic rings.